The number of anilines is 1. The third-order valence-corrected chi connectivity index (χ3v) is 8.22. The van der Waals surface area contributed by atoms with Crippen molar-refractivity contribution in [3.05, 3.63) is 72.7 Å². The van der Waals surface area contributed by atoms with Crippen molar-refractivity contribution < 1.29 is 4.74 Å². The van der Waals surface area contributed by atoms with E-state index in [-0.39, 0.29) is 0 Å². The number of nitrogens with zero attached hydrogens (tertiary/aromatic N) is 4. The molecule has 1 saturated heterocycles. The maximum absolute atomic E-state index is 6.42. The molecule has 1 aliphatic heterocycles. The topological polar surface area (TPSA) is 69.2 Å². The average Bonchev–Trinajstić information content (AvgIpc) is 3.26. The van der Waals surface area contributed by atoms with E-state index < -0.39 is 0 Å². The lowest BCUT2D eigenvalue weighted by molar-refractivity contribution is 0.137. The minimum absolute atomic E-state index is 0.446. The molecule has 6 rings (SSSR count). The summed E-state index contributed by atoms with van der Waals surface area (Å²) < 4.78 is 8.61. The molecular weight excluding hydrogens is 454 g/mol. The van der Waals surface area contributed by atoms with E-state index in [1.165, 1.54) is 44.0 Å². The van der Waals surface area contributed by atoms with Crippen LogP contribution in [0, 0.1) is 5.92 Å². The number of para-hydroxylation sites is 1. The van der Waals surface area contributed by atoms with E-state index in [2.05, 4.69) is 55.6 Å². The molecule has 2 aliphatic rings. The zero-order valence-electron chi connectivity index (χ0n) is 19.8. The third kappa shape index (κ3) is 4.62. The number of thioether (sulfide) groups is 1. The molecule has 1 aliphatic carbocycles. The predicted molar refractivity (Wildman–Crippen MR) is 144 cm³/mol. The molecule has 0 bridgehead atoms. The molecule has 2 aromatic carbocycles. The van der Waals surface area contributed by atoms with Crippen LogP contribution in [0.2, 0.25) is 0 Å². The molecule has 0 spiro atoms. The van der Waals surface area contributed by atoms with E-state index in [1.807, 2.05) is 36.4 Å². The molecule has 7 heteroatoms. The molecular formula is C28H31N5OS. The summed E-state index contributed by atoms with van der Waals surface area (Å²) in [5.74, 6) is 4.65. The quantitative estimate of drug-likeness (QED) is 0.385. The van der Waals surface area contributed by atoms with Gasteiger partial charge >= 0.3 is 0 Å². The average molecular weight is 486 g/mol. The van der Waals surface area contributed by atoms with Gasteiger partial charge in [0, 0.05) is 54.5 Å². The van der Waals surface area contributed by atoms with Gasteiger partial charge in [-0.25, -0.2) is 9.97 Å². The van der Waals surface area contributed by atoms with E-state index in [1.54, 1.807) is 6.33 Å². The highest BCUT2D eigenvalue weighted by molar-refractivity contribution is 7.99. The molecule has 0 atom stereocenters. The van der Waals surface area contributed by atoms with Gasteiger partial charge in [-0.15, -0.1) is 0 Å². The van der Waals surface area contributed by atoms with Crippen LogP contribution in [0.3, 0.4) is 0 Å². The number of benzene rings is 2. The first kappa shape index (κ1) is 22.4. The summed E-state index contributed by atoms with van der Waals surface area (Å²) in [5, 5.41) is 0.916. The number of aromatic nitrogens is 3. The SMILES string of the molecule is Nc1ncnc2c1c(-c1ccccc1OCc1ccccc1)cn2C1CC(CN2CCSCC2)C1. The molecule has 0 amide bonds. The maximum Gasteiger partial charge on any atom is 0.146 e. The Labute approximate surface area is 210 Å². The van der Waals surface area contributed by atoms with Crippen LogP contribution < -0.4 is 10.5 Å². The zero-order chi connectivity index (χ0) is 23.6. The van der Waals surface area contributed by atoms with Crippen LogP contribution in [0.15, 0.2) is 67.1 Å². The molecule has 1 saturated carbocycles. The lowest BCUT2D eigenvalue weighted by atomic mass is 9.79. The second-order valence-electron chi connectivity index (χ2n) is 9.58. The molecule has 0 radical (unpaired) electrons. The van der Waals surface area contributed by atoms with E-state index >= 15 is 0 Å². The smallest absolute Gasteiger partial charge is 0.146 e. The van der Waals surface area contributed by atoms with Gasteiger partial charge in [-0.05, 0) is 30.4 Å². The van der Waals surface area contributed by atoms with Crippen molar-refractivity contribution in [2.24, 2.45) is 5.92 Å². The van der Waals surface area contributed by atoms with Crippen molar-refractivity contribution in [1.82, 2.24) is 19.4 Å². The number of nitrogens with two attached hydrogens (primary N) is 1. The number of hydrogen-bond acceptors (Lipinski definition) is 6. The lowest BCUT2D eigenvalue weighted by Gasteiger charge is -2.40. The van der Waals surface area contributed by atoms with Gasteiger partial charge in [0.2, 0.25) is 0 Å². The van der Waals surface area contributed by atoms with Crippen molar-refractivity contribution >= 4 is 28.6 Å². The van der Waals surface area contributed by atoms with E-state index in [0.29, 0.717) is 18.5 Å². The highest BCUT2D eigenvalue weighted by atomic mass is 32.2. The monoisotopic (exact) mass is 485 g/mol. The number of hydrogen-bond donors (Lipinski definition) is 1. The number of rotatable bonds is 7. The summed E-state index contributed by atoms with van der Waals surface area (Å²) in [7, 11) is 0. The van der Waals surface area contributed by atoms with Crippen LogP contribution in [-0.4, -0.2) is 50.6 Å². The fourth-order valence-corrected chi connectivity index (χ4v) is 6.35. The fraction of sp³-hybridized carbons (Fsp3) is 0.357. The van der Waals surface area contributed by atoms with E-state index in [0.717, 1.165) is 39.4 Å². The first-order valence-electron chi connectivity index (χ1n) is 12.4. The van der Waals surface area contributed by atoms with Crippen molar-refractivity contribution in [3.8, 4) is 16.9 Å². The van der Waals surface area contributed by atoms with Gasteiger partial charge in [0.05, 0.1) is 5.39 Å². The Hall–Kier alpha value is -3.03. The summed E-state index contributed by atoms with van der Waals surface area (Å²) in [6, 6.07) is 18.9. The molecule has 2 aromatic heterocycles. The van der Waals surface area contributed by atoms with Crippen LogP contribution in [0.5, 0.6) is 5.75 Å². The van der Waals surface area contributed by atoms with Gasteiger partial charge in [0.1, 0.15) is 30.1 Å². The lowest BCUT2D eigenvalue weighted by Crippen LogP contribution is -2.40. The minimum atomic E-state index is 0.446. The van der Waals surface area contributed by atoms with Crippen molar-refractivity contribution in [2.45, 2.75) is 25.5 Å². The number of nitrogen functional groups attached to an aromatic ring is 1. The molecule has 0 unspecified atom stereocenters. The Bertz CT molecular complexity index is 1300. The molecule has 2 N–H and O–H groups in total. The maximum atomic E-state index is 6.42. The molecule has 180 valence electrons. The van der Waals surface area contributed by atoms with Crippen LogP contribution in [0.1, 0.15) is 24.4 Å². The second kappa shape index (κ2) is 9.91. The Kier molecular flexibility index (Phi) is 6.35. The summed E-state index contributed by atoms with van der Waals surface area (Å²) in [4.78, 5) is 11.6. The van der Waals surface area contributed by atoms with E-state index in [9.17, 15) is 0 Å². The molecule has 6 nitrogen and oxygen atoms in total. The van der Waals surface area contributed by atoms with Crippen LogP contribution in [0.4, 0.5) is 5.82 Å². The minimum Gasteiger partial charge on any atom is -0.488 e. The Morgan fingerprint density at radius 2 is 1.71 bits per heavy atom. The van der Waals surface area contributed by atoms with Crippen molar-refractivity contribution in [1.29, 1.82) is 0 Å². The molecule has 3 heterocycles. The fourth-order valence-electron chi connectivity index (χ4n) is 5.37. The largest absolute Gasteiger partial charge is 0.488 e. The first-order valence-corrected chi connectivity index (χ1v) is 13.6. The second-order valence-corrected chi connectivity index (χ2v) is 10.8. The summed E-state index contributed by atoms with van der Waals surface area (Å²) in [6.07, 6.45) is 6.17. The first-order chi connectivity index (χ1) is 17.3. The van der Waals surface area contributed by atoms with Crippen LogP contribution in [0.25, 0.3) is 22.2 Å². The Morgan fingerprint density at radius 3 is 2.54 bits per heavy atom. The number of fused-ring (bicyclic) bond motifs is 1. The standard InChI is InChI=1S/C28H31N5OS/c29-27-26-24(23-8-4-5-9-25(23)34-18-20-6-2-1-3-7-20)17-33(28(26)31-19-30-27)22-14-21(15-22)16-32-10-12-35-13-11-32/h1-9,17,19,21-22H,10-16,18H2,(H2,29,30,31). The third-order valence-electron chi connectivity index (χ3n) is 7.28. The van der Waals surface area contributed by atoms with Gasteiger partial charge in [-0.2, -0.15) is 11.8 Å². The summed E-state index contributed by atoms with van der Waals surface area (Å²) in [6.45, 7) is 4.19. The van der Waals surface area contributed by atoms with Crippen LogP contribution in [-0.2, 0) is 6.61 Å². The van der Waals surface area contributed by atoms with Gasteiger partial charge in [0.15, 0.2) is 0 Å². The Morgan fingerprint density at radius 1 is 0.943 bits per heavy atom. The normalized spacial score (nSPS) is 20.6. The summed E-state index contributed by atoms with van der Waals surface area (Å²) >= 11 is 2.07. The highest BCUT2D eigenvalue weighted by Crippen LogP contribution is 2.44. The van der Waals surface area contributed by atoms with Crippen molar-refractivity contribution in [2.75, 3.05) is 36.9 Å². The zero-order valence-corrected chi connectivity index (χ0v) is 20.7. The van der Waals surface area contributed by atoms with Gasteiger partial charge in [-0.3, -0.25) is 0 Å². The van der Waals surface area contributed by atoms with Gasteiger partial charge in [0.25, 0.3) is 0 Å². The van der Waals surface area contributed by atoms with Crippen molar-refractivity contribution in [3.63, 3.8) is 0 Å². The molecule has 2 fully saturated rings. The van der Waals surface area contributed by atoms with Crippen LogP contribution >= 0.6 is 11.8 Å². The Balaban J connectivity index is 1.28. The summed E-state index contributed by atoms with van der Waals surface area (Å²) in [5.41, 5.74) is 10.5. The predicted octanol–water partition coefficient (Wildman–Crippen LogP) is 5.26. The number of ether oxygens (including phenoxy) is 1. The molecule has 35 heavy (non-hydrogen) atoms. The van der Waals surface area contributed by atoms with Gasteiger partial charge < -0.3 is 19.9 Å². The van der Waals surface area contributed by atoms with Gasteiger partial charge in [-0.1, -0.05) is 48.5 Å². The molecule has 4 aromatic rings. The van der Waals surface area contributed by atoms with E-state index in [4.69, 9.17) is 10.5 Å². The highest BCUT2D eigenvalue weighted by Gasteiger charge is 2.34.